The second-order valence-electron chi connectivity index (χ2n) is 7.05. The van der Waals surface area contributed by atoms with E-state index in [-0.39, 0.29) is 5.56 Å². The zero-order chi connectivity index (χ0) is 21.8. The van der Waals surface area contributed by atoms with Crippen molar-refractivity contribution in [2.24, 2.45) is 0 Å². The van der Waals surface area contributed by atoms with E-state index in [1.807, 2.05) is 31.2 Å². The zero-order valence-electron chi connectivity index (χ0n) is 17.6. The Morgan fingerprint density at radius 2 is 1.77 bits per heavy atom. The number of hydrogen-bond donors (Lipinski definition) is 3. The van der Waals surface area contributed by atoms with Crippen LogP contribution in [0.2, 0.25) is 0 Å². The van der Waals surface area contributed by atoms with E-state index in [1.165, 1.54) is 16.1 Å². The number of rotatable bonds is 8. The van der Waals surface area contributed by atoms with Gasteiger partial charge in [-0.15, -0.1) is 0 Å². The standard InChI is InChI=1S/C22H24N6O3/c1-14-4-6-15(7-5-14)12-24-21-26-22-25-16(10-20(29)28(22)27-21)13-23-18-9-8-17(30-2)11-19(18)31-3/h4-11,23H,12-13H2,1-3H3,(H2,24,25,26,27). The fraction of sp³-hybridized carbons (Fsp3) is 0.227. The molecule has 0 saturated carbocycles. The molecule has 0 aliphatic rings. The predicted octanol–water partition coefficient (Wildman–Crippen LogP) is 2.97. The van der Waals surface area contributed by atoms with Crippen molar-refractivity contribution in [3.05, 3.63) is 75.7 Å². The summed E-state index contributed by atoms with van der Waals surface area (Å²) in [5.74, 6) is 2.12. The minimum Gasteiger partial charge on any atom is -0.497 e. The number of ether oxygens (including phenoxy) is 2. The predicted molar refractivity (Wildman–Crippen MR) is 119 cm³/mol. The summed E-state index contributed by atoms with van der Waals surface area (Å²) in [4.78, 5) is 21.4. The molecule has 0 unspecified atom stereocenters. The van der Waals surface area contributed by atoms with E-state index in [0.717, 1.165) is 11.3 Å². The second-order valence-corrected chi connectivity index (χ2v) is 7.05. The molecule has 0 aliphatic heterocycles. The van der Waals surface area contributed by atoms with Gasteiger partial charge in [0.15, 0.2) is 0 Å². The van der Waals surface area contributed by atoms with Gasteiger partial charge in [0, 0.05) is 18.7 Å². The maximum Gasteiger partial charge on any atom is 0.274 e. The van der Waals surface area contributed by atoms with Crippen molar-refractivity contribution < 1.29 is 9.47 Å². The zero-order valence-corrected chi connectivity index (χ0v) is 17.6. The molecular formula is C22H24N6O3. The molecule has 0 saturated heterocycles. The lowest BCUT2D eigenvalue weighted by Crippen LogP contribution is -2.17. The third kappa shape index (κ3) is 4.61. The van der Waals surface area contributed by atoms with Crippen molar-refractivity contribution in [1.82, 2.24) is 19.6 Å². The van der Waals surface area contributed by atoms with Crippen LogP contribution in [0.4, 0.5) is 11.6 Å². The summed E-state index contributed by atoms with van der Waals surface area (Å²) in [5, 5.41) is 9.37. The largest absolute Gasteiger partial charge is 0.497 e. The third-order valence-corrected chi connectivity index (χ3v) is 4.83. The molecular weight excluding hydrogens is 396 g/mol. The van der Waals surface area contributed by atoms with Crippen molar-refractivity contribution >= 4 is 17.4 Å². The monoisotopic (exact) mass is 420 g/mol. The Balaban J connectivity index is 1.48. The average molecular weight is 420 g/mol. The van der Waals surface area contributed by atoms with Crippen LogP contribution in [-0.4, -0.2) is 33.8 Å². The first kappa shape index (κ1) is 20.3. The maximum atomic E-state index is 12.5. The minimum atomic E-state index is -0.237. The van der Waals surface area contributed by atoms with Crippen molar-refractivity contribution in [3.8, 4) is 11.5 Å². The van der Waals surface area contributed by atoms with E-state index in [9.17, 15) is 4.79 Å². The molecule has 0 fully saturated rings. The number of fused-ring (bicyclic) bond motifs is 1. The topological polar surface area (TPSA) is 106 Å². The van der Waals surface area contributed by atoms with Gasteiger partial charge in [-0.25, -0.2) is 4.98 Å². The van der Waals surface area contributed by atoms with Crippen molar-refractivity contribution in [2.45, 2.75) is 20.0 Å². The lowest BCUT2D eigenvalue weighted by atomic mass is 10.1. The van der Waals surface area contributed by atoms with Crippen LogP contribution in [0.15, 0.2) is 53.3 Å². The average Bonchev–Trinajstić information content (AvgIpc) is 3.21. The molecule has 9 nitrogen and oxygen atoms in total. The summed E-state index contributed by atoms with van der Waals surface area (Å²) in [7, 11) is 3.19. The number of aryl methyl sites for hydroxylation is 1. The SMILES string of the molecule is COc1ccc(NCc2cc(=O)n3[nH]c(NCc4ccc(C)cc4)nc3n2)c(OC)c1. The molecule has 0 bridgehead atoms. The Hall–Kier alpha value is -4.01. The quantitative estimate of drug-likeness (QED) is 0.402. The molecule has 2 heterocycles. The van der Waals surface area contributed by atoms with Crippen LogP contribution in [0.1, 0.15) is 16.8 Å². The van der Waals surface area contributed by atoms with Crippen molar-refractivity contribution in [3.63, 3.8) is 0 Å². The number of H-pyrrole nitrogens is 1. The highest BCUT2D eigenvalue weighted by atomic mass is 16.5. The van der Waals surface area contributed by atoms with Crippen LogP contribution in [0.3, 0.4) is 0 Å². The minimum absolute atomic E-state index is 0.237. The highest BCUT2D eigenvalue weighted by molar-refractivity contribution is 5.59. The molecule has 4 rings (SSSR count). The molecule has 31 heavy (non-hydrogen) atoms. The number of nitrogens with one attached hydrogen (secondary N) is 3. The van der Waals surface area contributed by atoms with Gasteiger partial charge in [-0.2, -0.15) is 9.50 Å². The first-order valence-corrected chi connectivity index (χ1v) is 9.80. The van der Waals surface area contributed by atoms with Crippen LogP contribution < -0.4 is 25.7 Å². The molecule has 2 aromatic heterocycles. The summed E-state index contributed by atoms with van der Waals surface area (Å²) in [6, 6.07) is 15.1. The highest BCUT2D eigenvalue weighted by Gasteiger charge is 2.10. The number of methoxy groups -OCH3 is 2. The van der Waals surface area contributed by atoms with Gasteiger partial charge in [0.1, 0.15) is 11.5 Å². The number of hydrogen-bond acceptors (Lipinski definition) is 7. The highest BCUT2D eigenvalue weighted by Crippen LogP contribution is 2.29. The Kier molecular flexibility index (Phi) is 5.74. The Bertz CT molecular complexity index is 1250. The fourth-order valence-corrected chi connectivity index (χ4v) is 3.12. The Morgan fingerprint density at radius 3 is 2.52 bits per heavy atom. The summed E-state index contributed by atoms with van der Waals surface area (Å²) in [6.45, 7) is 2.97. The van der Waals surface area contributed by atoms with E-state index in [2.05, 4.69) is 37.8 Å². The molecule has 160 valence electrons. The summed E-state index contributed by atoms with van der Waals surface area (Å²) >= 11 is 0. The van der Waals surface area contributed by atoms with Crippen molar-refractivity contribution in [2.75, 3.05) is 24.9 Å². The van der Waals surface area contributed by atoms with E-state index in [1.54, 1.807) is 20.3 Å². The van der Waals surface area contributed by atoms with Gasteiger partial charge in [0.2, 0.25) is 5.95 Å². The van der Waals surface area contributed by atoms with Gasteiger partial charge in [-0.1, -0.05) is 29.8 Å². The Labute approximate surface area is 179 Å². The van der Waals surface area contributed by atoms with Gasteiger partial charge in [0.05, 0.1) is 32.1 Å². The van der Waals surface area contributed by atoms with Crippen LogP contribution in [0.25, 0.3) is 5.78 Å². The Morgan fingerprint density at radius 1 is 0.968 bits per heavy atom. The van der Waals surface area contributed by atoms with E-state index >= 15 is 0 Å². The number of aromatic nitrogens is 4. The summed E-state index contributed by atoms with van der Waals surface area (Å²) in [5.41, 5.74) is 3.42. The molecule has 9 heteroatoms. The van der Waals surface area contributed by atoms with E-state index < -0.39 is 0 Å². The molecule has 0 amide bonds. The van der Waals surface area contributed by atoms with Gasteiger partial charge in [-0.3, -0.25) is 9.89 Å². The number of anilines is 2. The van der Waals surface area contributed by atoms with Crippen LogP contribution in [0, 0.1) is 6.92 Å². The molecule has 0 aliphatic carbocycles. The first-order valence-electron chi connectivity index (χ1n) is 9.80. The lowest BCUT2D eigenvalue weighted by Gasteiger charge is -2.12. The van der Waals surface area contributed by atoms with Crippen LogP contribution in [0.5, 0.6) is 11.5 Å². The van der Waals surface area contributed by atoms with E-state index in [0.29, 0.717) is 42.0 Å². The third-order valence-electron chi connectivity index (χ3n) is 4.83. The fourth-order valence-electron chi connectivity index (χ4n) is 3.12. The van der Waals surface area contributed by atoms with Crippen molar-refractivity contribution in [1.29, 1.82) is 0 Å². The summed E-state index contributed by atoms with van der Waals surface area (Å²) in [6.07, 6.45) is 0. The van der Waals surface area contributed by atoms with Gasteiger partial charge in [0.25, 0.3) is 11.3 Å². The maximum absolute atomic E-state index is 12.5. The van der Waals surface area contributed by atoms with Crippen LogP contribution >= 0.6 is 0 Å². The molecule has 0 spiro atoms. The number of aromatic amines is 1. The molecule has 2 aromatic carbocycles. The van der Waals surface area contributed by atoms with Gasteiger partial charge in [-0.05, 0) is 24.6 Å². The summed E-state index contributed by atoms with van der Waals surface area (Å²) < 4.78 is 11.9. The number of benzene rings is 2. The lowest BCUT2D eigenvalue weighted by molar-refractivity contribution is 0.395. The van der Waals surface area contributed by atoms with Gasteiger partial charge >= 0.3 is 0 Å². The van der Waals surface area contributed by atoms with E-state index in [4.69, 9.17) is 9.47 Å². The molecule has 3 N–H and O–H groups in total. The smallest absolute Gasteiger partial charge is 0.274 e. The van der Waals surface area contributed by atoms with Gasteiger partial charge < -0.3 is 20.1 Å². The molecule has 4 aromatic rings. The second kappa shape index (κ2) is 8.78. The molecule has 0 atom stereocenters. The first-order chi connectivity index (χ1) is 15.1. The molecule has 0 radical (unpaired) electrons. The normalized spacial score (nSPS) is 10.8. The van der Waals surface area contributed by atoms with Crippen LogP contribution in [-0.2, 0) is 13.1 Å². The number of nitrogens with zero attached hydrogens (tertiary/aromatic N) is 3.